The van der Waals surface area contributed by atoms with Crippen molar-refractivity contribution in [1.29, 1.82) is 0 Å². The minimum absolute atomic E-state index is 0.0534. The predicted molar refractivity (Wildman–Crippen MR) is 96.3 cm³/mol. The third kappa shape index (κ3) is 5.77. The van der Waals surface area contributed by atoms with Gasteiger partial charge in [-0.25, -0.2) is 0 Å². The SMILES string of the molecule is CSc1nnc(CCCNC(=O)CCOC(C)C)n1C1CCCC1. The van der Waals surface area contributed by atoms with E-state index in [2.05, 4.69) is 26.3 Å². The van der Waals surface area contributed by atoms with Gasteiger partial charge >= 0.3 is 0 Å². The van der Waals surface area contributed by atoms with Crippen LogP contribution >= 0.6 is 11.8 Å². The molecule has 0 radical (unpaired) electrons. The van der Waals surface area contributed by atoms with Crippen LogP contribution in [0.4, 0.5) is 0 Å². The van der Waals surface area contributed by atoms with Gasteiger partial charge in [0.05, 0.1) is 12.7 Å². The van der Waals surface area contributed by atoms with Gasteiger partial charge in [0.25, 0.3) is 0 Å². The molecule has 1 heterocycles. The van der Waals surface area contributed by atoms with E-state index in [0.717, 1.165) is 23.8 Å². The van der Waals surface area contributed by atoms with E-state index in [1.807, 2.05) is 13.8 Å². The summed E-state index contributed by atoms with van der Waals surface area (Å²) in [5.41, 5.74) is 0. The van der Waals surface area contributed by atoms with Crippen LogP contribution in [-0.2, 0) is 16.0 Å². The smallest absolute Gasteiger partial charge is 0.222 e. The molecule has 1 N–H and O–H groups in total. The number of carbonyl (C=O) groups excluding carboxylic acids is 1. The molecule has 1 aliphatic carbocycles. The van der Waals surface area contributed by atoms with E-state index in [1.165, 1.54) is 25.7 Å². The quantitative estimate of drug-likeness (QED) is 0.517. The van der Waals surface area contributed by atoms with Gasteiger partial charge in [0.2, 0.25) is 5.91 Å². The number of nitrogens with zero attached hydrogens (tertiary/aromatic N) is 3. The molecular formula is C17H30N4O2S. The first-order valence-electron chi connectivity index (χ1n) is 8.98. The zero-order valence-electron chi connectivity index (χ0n) is 15.1. The Kier molecular flexibility index (Phi) is 8.05. The molecule has 0 bridgehead atoms. The van der Waals surface area contributed by atoms with Gasteiger partial charge in [0.15, 0.2) is 5.16 Å². The van der Waals surface area contributed by atoms with Crippen LogP contribution in [0.25, 0.3) is 0 Å². The predicted octanol–water partition coefficient (Wildman–Crippen LogP) is 2.98. The van der Waals surface area contributed by atoms with Crippen LogP contribution in [0.2, 0.25) is 0 Å². The summed E-state index contributed by atoms with van der Waals surface area (Å²) in [7, 11) is 0. The second-order valence-corrected chi connectivity index (χ2v) is 7.31. The van der Waals surface area contributed by atoms with Crippen LogP contribution in [-0.4, -0.2) is 46.2 Å². The number of thioether (sulfide) groups is 1. The highest BCUT2D eigenvalue weighted by Crippen LogP contribution is 2.33. The molecule has 0 aromatic carbocycles. The number of hydrogen-bond acceptors (Lipinski definition) is 5. The third-order valence-electron chi connectivity index (χ3n) is 4.29. The molecule has 6 nitrogen and oxygen atoms in total. The lowest BCUT2D eigenvalue weighted by molar-refractivity contribution is -0.122. The number of amides is 1. The molecule has 1 aliphatic rings. The Bertz CT molecular complexity index is 513. The molecule has 1 aromatic rings. The van der Waals surface area contributed by atoms with Crippen molar-refractivity contribution in [1.82, 2.24) is 20.1 Å². The zero-order valence-corrected chi connectivity index (χ0v) is 15.9. The van der Waals surface area contributed by atoms with Crippen LogP contribution < -0.4 is 5.32 Å². The Labute approximate surface area is 149 Å². The Morgan fingerprint density at radius 1 is 1.38 bits per heavy atom. The minimum Gasteiger partial charge on any atom is -0.378 e. The number of nitrogens with one attached hydrogen (secondary N) is 1. The van der Waals surface area contributed by atoms with E-state index >= 15 is 0 Å². The van der Waals surface area contributed by atoms with Crippen LogP contribution in [0, 0.1) is 0 Å². The lowest BCUT2D eigenvalue weighted by atomic mass is 10.2. The fourth-order valence-electron chi connectivity index (χ4n) is 3.10. The third-order valence-corrected chi connectivity index (χ3v) is 4.93. The summed E-state index contributed by atoms with van der Waals surface area (Å²) in [4.78, 5) is 11.7. The molecule has 1 amide bonds. The molecule has 1 fully saturated rings. The average Bonchev–Trinajstić information content (AvgIpc) is 3.19. The number of ether oxygens (including phenoxy) is 1. The molecule has 136 valence electrons. The van der Waals surface area contributed by atoms with E-state index in [4.69, 9.17) is 4.74 Å². The molecule has 0 spiro atoms. The number of aromatic nitrogens is 3. The van der Waals surface area contributed by atoms with E-state index in [1.54, 1.807) is 11.8 Å². The van der Waals surface area contributed by atoms with Crippen LogP contribution in [0.3, 0.4) is 0 Å². The first-order valence-corrected chi connectivity index (χ1v) is 10.2. The number of hydrogen-bond donors (Lipinski definition) is 1. The van der Waals surface area contributed by atoms with Gasteiger partial charge in [-0.3, -0.25) is 4.79 Å². The fraction of sp³-hybridized carbons (Fsp3) is 0.824. The molecular weight excluding hydrogens is 324 g/mol. The second-order valence-electron chi connectivity index (χ2n) is 6.53. The Balaban J connectivity index is 1.74. The van der Waals surface area contributed by atoms with Gasteiger partial charge in [0, 0.05) is 25.4 Å². The van der Waals surface area contributed by atoms with Crippen molar-refractivity contribution in [2.75, 3.05) is 19.4 Å². The maximum absolute atomic E-state index is 11.7. The second kappa shape index (κ2) is 10.0. The molecule has 2 rings (SSSR count). The molecule has 1 saturated carbocycles. The molecule has 1 aromatic heterocycles. The first kappa shape index (κ1) is 19.2. The lowest BCUT2D eigenvalue weighted by Gasteiger charge is -2.16. The van der Waals surface area contributed by atoms with Crippen molar-refractivity contribution in [3.63, 3.8) is 0 Å². The van der Waals surface area contributed by atoms with Crippen LogP contribution in [0.15, 0.2) is 5.16 Å². The Morgan fingerprint density at radius 2 is 2.12 bits per heavy atom. The number of rotatable bonds is 10. The molecule has 0 aliphatic heterocycles. The lowest BCUT2D eigenvalue weighted by Crippen LogP contribution is -2.26. The number of carbonyl (C=O) groups is 1. The van der Waals surface area contributed by atoms with Crippen molar-refractivity contribution >= 4 is 17.7 Å². The van der Waals surface area contributed by atoms with Crippen molar-refractivity contribution in [2.45, 2.75) is 76.1 Å². The summed E-state index contributed by atoms with van der Waals surface area (Å²) >= 11 is 1.66. The number of aryl methyl sites for hydroxylation is 1. The Hall–Kier alpha value is -1.08. The Morgan fingerprint density at radius 3 is 2.79 bits per heavy atom. The largest absolute Gasteiger partial charge is 0.378 e. The van der Waals surface area contributed by atoms with E-state index in [9.17, 15) is 4.79 Å². The molecule has 24 heavy (non-hydrogen) atoms. The minimum atomic E-state index is 0.0534. The summed E-state index contributed by atoms with van der Waals surface area (Å²) in [5, 5.41) is 12.7. The highest BCUT2D eigenvalue weighted by atomic mass is 32.2. The van der Waals surface area contributed by atoms with Gasteiger partial charge in [-0.05, 0) is 39.4 Å². The summed E-state index contributed by atoms with van der Waals surface area (Å²) < 4.78 is 7.72. The maximum atomic E-state index is 11.7. The fourth-order valence-corrected chi connectivity index (χ4v) is 3.67. The van der Waals surface area contributed by atoms with Gasteiger partial charge in [0.1, 0.15) is 5.82 Å². The summed E-state index contributed by atoms with van der Waals surface area (Å²) in [6.07, 6.45) is 9.44. The van der Waals surface area contributed by atoms with E-state index in [-0.39, 0.29) is 12.0 Å². The molecule has 0 unspecified atom stereocenters. The first-order chi connectivity index (χ1) is 11.6. The van der Waals surface area contributed by atoms with Gasteiger partial charge in [-0.15, -0.1) is 10.2 Å². The average molecular weight is 355 g/mol. The topological polar surface area (TPSA) is 69.0 Å². The monoisotopic (exact) mass is 354 g/mol. The molecule has 7 heteroatoms. The summed E-state index contributed by atoms with van der Waals surface area (Å²) in [6.45, 7) is 5.10. The van der Waals surface area contributed by atoms with E-state index < -0.39 is 0 Å². The van der Waals surface area contributed by atoms with E-state index in [0.29, 0.717) is 25.6 Å². The maximum Gasteiger partial charge on any atom is 0.222 e. The highest BCUT2D eigenvalue weighted by molar-refractivity contribution is 7.98. The standard InChI is InChI=1S/C17H30N4O2S/c1-13(2)23-12-10-16(22)18-11-6-9-15-19-20-17(24-3)21(15)14-7-4-5-8-14/h13-14H,4-12H2,1-3H3,(H,18,22). The van der Waals surface area contributed by atoms with Crippen LogP contribution in [0.1, 0.15) is 64.2 Å². The molecule has 0 atom stereocenters. The summed E-state index contributed by atoms with van der Waals surface area (Å²) in [5.74, 6) is 1.11. The van der Waals surface area contributed by atoms with Crippen molar-refractivity contribution in [3.8, 4) is 0 Å². The molecule has 0 saturated heterocycles. The van der Waals surface area contributed by atoms with Gasteiger partial charge in [-0.1, -0.05) is 24.6 Å². The normalized spacial score (nSPS) is 15.3. The van der Waals surface area contributed by atoms with Gasteiger partial charge in [-0.2, -0.15) is 0 Å². The van der Waals surface area contributed by atoms with Gasteiger partial charge < -0.3 is 14.6 Å². The summed E-state index contributed by atoms with van der Waals surface area (Å²) in [6, 6.07) is 0.556. The van der Waals surface area contributed by atoms with Crippen molar-refractivity contribution < 1.29 is 9.53 Å². The zero-order chi connectivity index (χ0) is 17.4. The highest BCUT2D eigenvalue weighted by Gasteiger charge is 2.23. The van der Waals surface area contributed by atoms with Crippen molar-refractivity contribution in [3.05, 3.63) is 5.82 Å². The van der Waals surface area contributed by atoms with Crippen molar-refractivity contribution in [2.24, 2.45) is 0 Å². The van der Waals surface area contributed by atoms with Crippen LogP contribution in [0.5, 0.6) is 0 Å².